The highest BCUT2D eigenvalue weighted by molar-refractivity contribution is 5.79. The second-order valence-electron chi connectivity index (χ2n) is 3.72. The molecule has 1 amide bonds. The molecule has 98 valence electrons. The number of esters is 1. The number of amides is 1. The molecule has 0 saturated carbocycles. The first-order chi connectivity index (χ1) is 8.08. The quantitative estimate of drug-likeness (QED) is 0.356. The molecule has 0 heterocycles. The van der Waals surface area contributed by atoms with Crippen LogP contribution in [0.25, 0.3) is 0 Å². The fourth-order valence-corrected chi connectivity index (χ4v) is 1.38. The highest BCUT2D eigenvalue weighted by Crippen LogP contribution is 2.13. The summed E-state index contributed by atoms with van der Waals surface area (Å²) in [6.45, 7) is 7.60. The predicted octanol–water partition coefficient (Wildman–Crippen LogP) is 0.771. The maximum absolute atomic E-state index is 11.5. The molecule has 2 unspecified atom stereocenters. The number of aliphatic hydroxyl groups is 1. The number of hydrogen-bond acceptors (Lipinski definition) is 4. The van der Waals surface area contributed by atoms with Crippen LogP contribution in [-0.2, 0) is 14.3 Å². The van der Waals surface area contributed by atoms with Crippen molar-refractivity contribution in [3.63, 3.8) is 0 Å². The molecule has 17 heavy (non-hydrogen) atoms. The van der Waals surface area contributed by atoms with E-state index in [1.165, 1.54) is 0 Å². The Morgan fingerprint density at radius 1 is 1.53 bits per heavy atom. The van der Waals surface area contributed by atoms with E-state index in [9.17, 15) is 14.7 Å². The fraction of sp³-hybridized carbons (Fsp3) is 0.667. The van der Waals surface area contributed by atoms with Gasteiger partial charge >= 0.3 is 5.97 Å². The highest BCUT2D eigenvalue weighted by Gasteiger charge is 2.29. The van der Waals surface area contributed by atoms with Crippen molar-refractivity contribution in [1.82, 2.24) is 5.32 Å². The summed E-state index contributed by atoms with van der Waals surface area (Å²) in [6, 6.07) is -1.07. The van der Waals surface area contributed by atoms with E-state index in [0.29, 0.717) is 18.4 Å². The SMILES string of the molecule is C=C(CCCC)C(O)C(NC=O)C(=O)OCC. The number of carbonyl (C=O) groups excluding carboxylic acids is 2. The Morgan fingerprint density at radius 2 is 2.18 bits per heavy atom. The highest BCUT2D eigenvalue weighted by atomic mass is 16.5. The molecule has 0 fully saturated rings. The van der Waals surface area contributed by atoms with Crippen LogP contribution in [0.2, 0.25) is 0 Å². The van der Waals surface area contributed by atoms with Gasteiger partial charge in [0.25, 0.3) is 0 Å². The summed E-state index contributed by atoms with van der Waals surface area (Å²) < 4.78 is 4.77. The van der Waals surface area contributed by atoms with Crippen molar-refractivity contribution in [2.45, 2.75) is 45.3 Å². The van der Waals surface area contributed by atoms with Crippen molar-refractivity contribution in [3.8, 4) is 0 Å². The lowest BCUT2D eigenvalue weighted by molar-refractivity contribution is -0.149. The van der Waals surface area contributed by atoms with Crippen LogP contribution in [0, 0.1) is 0 Å². The van der Waals surface area contributed by atoms with Gasteiger partial charge in [-0.05, 0) is 25.3 Å². The molecule has 0 radical (unpaired) electrons. The second kappa shape index (κ2) is 8.75. The molecule has 0 aromatic heterocycles. The zero-order chi connectivity index (χ0) is 13.3. The third kappa shape index (κ3) is 5.49. The van der Waals surface area contributed by atoms with Crippen molar-refractivity contribution in [2.75, 3.05) is 6.61 Å². The first-order valence-corrected chi connectivity index (χ1v) is 5.80. The first-order valence-electron chi connectivity index (χ1n) is 5.80. The molecule has 0 spiro atoms. The van der Waals surface area contributed by atoms with Gasteiger partial charge in [0.05, 0.1) is 6.61 Å². The summed E-state index contributed by atoms with van der Waals surface area (Å²) in [5.74, 6) is -0.648. The first kappa shape index (κ1) is 15.6. The number of carbonyl (C=O) groups is 2. The Bertz CT molecular complexity index is 265. The molecule has 5 nitrogen and oxygen atoms in total. The molecule has 0 aromatic carbocycles. The summed E-state index contributed by atoms with van der Waals surface area (Å²) in [5, 5.41) is 12.2. The van der Waals surface area contributed by atoms with Gasteiger partial charge in [-0.25, -0.2) is 4.79 Å². The van der Waals surface area contributed by atoms with Crippen molar-refractivity contribution in [3.05, 3.63) is 12.2 Å². The number of rotatable bonds is 9. The van der Waals surface area contributed by atoms with Gasteiger partial charge in [-0.3, -0.25) is 4.79 Å². The van der Waals surface area contributed by atoms with Gasteiger partial charge in [0.2, 0.25) is 6.41 Å². The third-order valence-electron chi connectivity index (χ3n) is 2.37. The normalized spacial score (nSPS) is 13.6. The van der Waals surface area contributed by atoms with Crippen LogP contribution in [0.15, 0.2) is 12.2 Å². The smallest absolute Gasteiger partial charge is 0.331 e. The summed E-state index contributed by atoms with van der Waals surface area (Å²) in [7, 11) is 0. The predicted molar refractivity (Wildman–Crippen MR) is 64.3 cm³/mol. The molecule has 0 aromatic rings. The van der Waals surface area contributed by atoms with Gasteiger partial charge in [0, 0.05) is 0 Å². The van der Waals surface area contributed by atoms with Crippen LogP contribution >= 0.6 is 0 Å². The van der Waals surface area contributed by atoms with Crippen LogP contribution in [0.4, 0.5) is 0 Å². The second-order valence-corrected chi connectivity index (χ2v) is 3.72. The molecular formula is C12H21NO4. The zero-order valence-corrected chi connectivity index (χ0v) is 10.4. The van der Waals surface area contributed by atoms with E-state index < -0.39 is 18.1 Å². The number of unbranched alkanes of at least 4 members (excludes halogenated alkanes) is 1. The van der Waals surface area contributed by atoms with Gasteiger partial charge in [-0.15, -0.1) is 0 Å². The molecule has 2 N–H and O–H groups in total. The average molecular weight is 243 g/mol. The molecule has 0 rings (SSSR count). The van der Waals surface area contributed by atoms with Crippen LogP contribution in [0.5, 0.6) is 0 Å². The Hall–Kier alpha value is -1.36. The number of hydrogen-bond donors (Lipinski definition) is 2. The number of nitrogens with one attached hydrogen (secondary N) is 1. The fourth-order valence-electron chi connectivity index (χ4n) is 1.38. The lowest BCUT2D eigenvalue weighted by Crippen LogP contribution is -2.47. The lowest BCUT2D eigenvalue weighted by Gasteiger charge is -2.22. The molecule has 0 saturated heterocycles. The van der Waals surface area contributed by atoms with E-state index in [-0.39, 0.29) is 6.61 Å². The maximum atomic E-state index is 11.5. The largest absolute Gasteiger partial charge is 0.464 e. The van der Waals surface area contributed by atoms with Gasteiger partial charge in [0.1, 0.15) is 6.10 Å². The monoisotopic (exact) mass is 243 g/mol. The topological polar surface area (TPSA) is 75.6 Å². The molecule has 0 aliphatic carbocycles. The molecule has 2 atom stereocenters. The maximum Gasteiger partial charge on any atom is 0.331 e. The van der Waals surface area contributed by atoms with E-state index in [0.717, 1.165) is 12.8 Å². The van der Waals surface area contributed by atoms with Crippen molar-refractivity contribution >= 4 is 12.4 Å². The third-order valence-corrected chi connectivity index (χ3v) is 2.37. The van der Waals surface area contributed by atoms with Gasteiger partial charge < -0.3 is 15.2 Å². The summed E-state index contributed by atoms with van der Waals surface area (Å²) in [5.41, 5.74) is 0.527. The molecular weight excluding hydrogens is 222 g/mol. The van der Waals surface area contributed by atoms with Crippen LogP contribution in [-0.4, -0.2) is 36.2 Å². The van der Waals surface area contributed by atoms with Crippen molar-refractivity contribution in [1.29, 1.82) is 0 Å². The molecule has 0 aliphatic rings. The van der Waals surface area contributed by atoms with E-state index in [1.807, 2.05) is 6.92 Å². The molecule has 5 heteroatoms. The van der Waals surface area contributed by atoms with Crippen molar-refractivity contribution in [2.24, 2.45) is 0 Å². The van der Waals surface area contributed by atoms with E-state index >= 15 is 0 Å². The zero-order valence-electron chi connectivity index (χ0n) is 10.4. The minimum atomic E-state index is -1.11. The summed E-state index contributed by atoms with van der Waals surface area (Å²) >= 11 is 0. The summed E-state index contributed by atoms with van der Waals surface area (Å²) in [6.07, 6.45) is 1.74. The van der Waals surface area contributed by atoms with Crippen LogP contribution in [0.1, 0.15) is 33.1 Å². The Kier molecular flexibility index (Phi) is 8.05. The minimum absolute atomic E-state index is 0.198. The number of ether oxygens (including phenoxy) is 1. The Morgan fingerprint density at radius 3 is 2.65 bits per heavy atom. The minimum Gasteiger partial charge on any atom is -0.464 e. The van der Waals surface area contributed by atoms with Crippen molar-refractivity contribution < 1.29 is 19.4 Å². The van der Waals surface area contributed by atoms with E-state index in [4.69, 9.17) is 4.74 Å². The molecule has 0 bridgehead atoms. The molecule has 0 aliphatic heterocycles. The van der Waals surface area contributed by atoms with E-state index in [1.54, 1.807) is 6.92 Å². The standard InChI is InChI=1S/C12H21NO4/c1-4-6-7-9(3)11(15)10(13-8-14)12(16)17-5-2/h8,10-11,15H,3-7H2,1-2H3,(H,13,14). The average Bonchev–Trinajstić information content (AvgIpc) is 2.32. The van der Waals surface area contributed by atoms with Crippen LogP contribution in [0.3, 0.4) is 0 Å². The lowest BCUT2D eigenvalue weighted by atomic mass is 9.99. The van der Waals surface area contributed by atoms with Gasteiger partial charge in [-0.1, -0.05) is 19.9 Å². The Labute approximate surface area is 102 Å². The number of aliphatic hydroxyl groups excluding tert-OH is 1. The van der Waals surface area contributed by atoms with Crippen LogP contribution < -0.4 is 5.32 Å². The summed E-state index contributed by atoms with van der Waals surface area (Å²) in [4.78, 5) is 21.9. The van der Waals surface area contributed by atoms with Gasteiger partial charge in [0.15, 0.2) is 6.04 Å². The van der Waals surface area contributed by atoms with E-state index in [2.05, 4.69) is 11.9 Å². The Balaban J connectivity index is 4.51. The van der Waals surface area contributed by atoms with Gasteiger partial charge in [-0.2, -0.15) is 0 Å².